The Morgan fingerprint density at radius 3 is 2.09 bits per heavy atom. The number of carbonyl (C=O) groups is 1. The molecule has 4 N–H and O–H groups in total. The highest BCUT2D eigenvalue weighted by molar-refractivity contribution is 6.04. The number of aromatic nitrogens is 6. The Bertz CT molecular complexity index is 3490. The van der Waals surface area contributed by atoms with Gasteiger partial charge in [0.15, 0.2) is 17.3 Å². The summed E-state index contributed by atoms with van der Waals surface area (Å²) in [6.45, 7) is 6.67. The first-order valence-electron chi connectivity index (χ1n) is 19.8. The van der Waals surface area contributed by atoms with E-state index in [-0.39, 0.29) is 32.0 Å². The fraction of sp³-hybridized carbons (Fsp3) is 0.180. The topological polar surface area (TPSA) is 252 Å². The van der Waals surface area contributed by atoms with Crippen LogP contribution in [0.15, 0.2) is 75.4 Å². The number of rotatable bonds is 9. The number of pyridine rings is 1. The molecule has 6 rings (SSSR count). The quantitative estimate of drug-likeness (QED) is 0.0510. The molecule has 4 aromatic rings. The summed E-state index contributed by atoms with van der Waals surface area (Å²) in [5.74, 6) is 63.4. The van der Waals surface area contributed by atoms with Crippen LogP contribution >= 0.6 is 0 Å². The van der Waals surface area contributed by atoms with E-state index in [1.54, 1.807) is 37.9 Å². The number of nitrogens with two attached hydrogens (primary N) is 1. The summed E-state index contributed by atoms with van der Waals surface area (Å²) in [6.07, 6.45) is 14.2. The van der Waals surface area contributed by atoms with Crippen LogP contribution in [0.1, 0.15) is 70.0 Å². The summed E-state index contributed by atoms with van der Waals surface area (Å²) in [5, 5.41) is 41.2. The first-order valence-corrected chi connectivity index (χ1v) is 19.8. The lowest BCUT2D eigenvalue weighted by molar-refractivity contribution is -0.873. The molecule has 0 spiro atoms. The molecule has 358 valence electrons. The number of carbonyl (C=O) groups excluding carboxylic acids is 1. The molecule has 1 aliphatic heterocycles. The molecular formula is C50H52N14O6. The van der Waals surface area contributed by atoms with Crippen LogP contribution in [0.25, 0.3) is 17.1 Å². The minimum absolute atomic E-state index is 0. The van der Waals surface area contributed by atoms with E-state index in [9.17, 15) is 10.0 Å². The minimum atomic E-state index is -0.602. The number of hydrogen-bond acceptors (Lipinski definition) is 11. The fourth-order valence-electron chi connectivity index (χ4n) is 4.99. The van der Waals surface area contributed by atoms with Gasteiger partial charge in [-0.25, -0.2) is 9.97 Å². The maximum atomic E-state index is 13.3. The maximum Gasteiger partial charge on any atom is 0.274 e. The maximum absolute atomic E-state index is 13.3. The van der Waals surface area contributed by atoms with Crippen molar-refractivity contribution in [3.63, 3.8) is 0 Å². The van der Waals surface area contributed by atoms with Crippen molar-refractivity contribution in [3.8, 4) is 171 Å². The van der Waals surface area contributed by atoms with Gasteiger partial charge in [-0.1, -0.05) is 17.2 Å². The molecule has 70 heavy (non-hydrogen) atoms. The molecule has 1 saturated carbocycles. The minimum Gasteiger partial charge on any atom is -0.489 e. The van der Waals surface area contributed by atoms with E-state index < -0.39 is 5.02 Å². The van der Waals surface area contributed by atoms with Crippen LogP contribution in [0.4, 0.5) is 5.69 Å². The molecule has 0 atom stereocenters. The molecule has 0 saturated heterocycles. The Morgan fingerprint density at radius 1 is 0.914 bits per heavy atom. The largest absolute Gasteiger partial charge is 0.489 e. The molecule has 0 unspecified atom stereocenters. The SMILES string of the molecule is C#CC#CC#CC#CC#CC#CC#CC#CC#CC#CC#CC#CC.CC(C)Oc1cnc(C(=O)Nc2cccc3c2OCCn2cnnc2-3)cc1-n1cnc(C2CC2)c1.NN=NN=NN=[N+]([O-])OO.[HH].[HH].[HH].[HH].[HH].[HH].[HH].[HH].[HH].[HH]. The van der Waals surface area contributed by atoms with Gasteiger partial charge < -0.3 is 40.0 Å². The summed E-state index contributed by atoms with van der Waals surface area (Å²) < 4.78 is 15.8. The van der Waals surface area contributed by atoms with Gasteiger partial charge in [-0.15, -0.1) is 16.6 Å². The number of hydrogen-bond donors (Lipinski definition) is 3. The third-order valence-electron chi connectivity index (χ3n) is 7.78. The molecule has 1 amide bonds. The number of benzene rings is 1. The van der Waals surface area contributed by atoms with E-state index in [1.165, 1.54) is 0 Å². The van der Waals surface area contributed by atoms with Crippen molar-refractivity contribution in [3.05, 3.63) is 65.9 Å². The highest BCUT2D eigenvalue weighted by Gasteiger charge is 2.27. The van der Waals surface area contributed by atoms with Gasteiger partial charge in [-0.2, -0.15) is 0 Å². The number of nitrogens with zero attached hydrogens (tertiary/aromatic N) is 12. The van der Waals surface area contributed by atoms with Gasteiger partial charge >= 0.3 is 0 Å². The van der Waals surface area contributed by atoms with Crippen molar-refractivity contribution in [1.82, 2.24) is 29.3 Å². The Balaban J connectivity index is -0.000000212. The number of anilines is 1. The predicted molar refractivity (Wildman–Crippen MR) is 273 cm³/mol. The van der Waals surface area contributed by atoms with Gasteiger partial charge in [0.2, 0.25) is 10.4 Å². The lowest BCUT2D eigenvalue weighted by Gasteiger charge is -2.16. The number of ether oxygens (including phenoxy) is 2. The fourth-order valence-corrected chi connectivity index (χ4v) is 4.99. The van der Waals surface area contributed by atoms with Gasteiger partial charge in [0.1, 0.15) is 23.9 Å². The molecular weight excluding hydrogens is 893 g/mol. The van der Waals surface area contributed by atoms with Gasteiger partial charge in [-0.05, 0) is 147 Å². The van der Waals surface area contributed by atoms with Crippen LogP contribution in [0.2, 0.25) is 0 Å². The van der Waals surface area contributed by atoms with Crippen molar-refractivity contribution in [2.75, 3.05) is 11.9 Å². The van der Waals surface area contributed by atoms with Crippen LogP contribution in [-0.4, -0.2) is 58.2 Å². The number of amides is 1. The third kappa shape index (κ3) is 18.4. The van der Waals surface area contributed by atoms with Crippen molar-refractivity contribution in [2.24, 2.45) is 32.0 Å². The van der Waals surface area contributed by atoms with Crippen LogP contribution in [0.5, 0.6) is 11.5 Å². The number of terminal acetylenes is 1. The molecule has 1 fully saturated rings. The average molecular weight is 945 g/mol. The van der Waals surface area contributed by atoms with Crippen molar-refractivity contribution in [1.29, 1.82) is 0 Å². The van der Waals surface area contributed by atoms with Crippen molar-refractivity contribution in [2.45, 2.75) is 52.2 Å². The van der Waals surface area contributed by atoms with Gasteiger partial charge in [0.05, 0.1) is 52.8 Å². The highest BCUT2D eigenvalue weighted by Crippen LogP contribution is 2.40. The van der Waals surface area contributed by atoms with E-state index in [1.807, 2.05) is 41.3 Å². The second-order valence-electron chi connectivity index (χ2n) is 12.8. The predicted octanol–water partition coefficient (Wildman–Crippen LogP) is 6.93. The van der Waals surface area contributed by atoms with E-state index in [2.05, 4.69) is 199 Å². The molecule has 20 heteroatoms. The van der Waals surface area contributed by atoms with Crippen LogP contribution in [0.3, 0.4) is 0 Å². The zero-order valence-corrected chi connectivity index (χ0v) is 37.1. The zero-order valence-electron chi connectivity index (χ0n) is 37.1. The van der Waals surface area contributed by atoms with Crippen LogP contribution in [-0.2, 0) is 11.5 Å². The summed E-state index contributed by atoms with van der Waals surface area (Å²) in [7, 11) is 0. The molecule has 1 aliphatic carbocycles. The molecule has 0 bridgehead atoms. The zero-order chi connectivity index (χ0) is 50.0. The Labute approximate surface area is 417 Å². The molecule has 4 heterocycles. The third-order valence-corrected chi connectivity index (χ3v) is 7.78. The number of para-hydroxylation sites is 1. The number of fused-ring (bicyclic) bond motifs is 3. The smallest absolute Gasteiger partial charge is 0.274 e. The van der Waals surface area contributed by atoms with Crippen LogP contribution in [0, 0.1) is 148 Å². The Kier molecular flexibility index (Phi) is 21.9. The normalized spacial score (nSPS) is 10.5. The van der Waals surface area contributed by atoms with Crippen LogP contribution < -0.4 is 20.6 Å². The van der Waals surface area contributed by atoms with E-state index in [0.29, 0.717) is 42.1 Å². The summed E-state index contributed by atoms with van der Waals surface area (Å²) in [5.41, 5.74) is 3.36. The lowest BCUT2D eigenvalue weighted by atomic mass is 10.1. The molecule has 1 aromatic carbocycles. The lowest BCUT2D eigenvalue weighted by Crippen LogP contribution is -2.16. The molecule has 0 radical (unpaired) electrons. The second-order valence-corrected chi connectivity index (χ2v) is 12.8. The number of nitrogens with one attached hydrogen (secondary N) is 1. The standard InChI is InChI=1S/C25H25N7O3.C25H4.H3N7O3.10H2/c1-15(2)35-22-11-26-19(10-21(22)32-12-20(27-13-32)16-6-7-16)25(33)29-18-5-3-4-17-23(18)34-9-8-31-14-28-30-24(17)31;1-3-5-7-9-11-13-15-17-19-21-23-25-24-22-20-18-16-14-12-10-8-6-4-2;1-2-3-4-5-6-7(8)10-9;;;;;;;;;;/h3-5,10-16H,6-9H2,1-2H3,(H,29,33);1H,2H3;9H,(H2,1,3,5);10*1H. The van der Waals surface area contributed by atoms with Gasteiger partial charge in [0.25, 0.3) is 5.91 Å². The van der Waals surface area contributed by atoms with Crippen molar-refractivity contribution >= 4 is 11.6 Å². The summed E-state index contributed by atoms with van der Waals surface area (Å²) >= 11 is 0. The van der Waals surface area contributed by atoms with E-state index in [0.717, 1.165) is 29.8 Å². The molecule has 2 aliphatic rings. The Hall–Kier alpha value is -11.3. The molecule has 20 nitrogen and oxygen atoms in total. The van der Waals surface area contributed by atoms with Crippen molar-refractivity contribution < 1.29 is 43.8 Å². The van der Waals surface area contributed by atoms with Gasteiger partial charge in [0, 0.05) is 67.1 Å². The first kappa shape index (κ1) is 51.3. The monoisotopic (exact) mass is 944 g/mol. The second kappa shape index (κ2) is 29.9. The average Bonchev–Trinajstić information content (AvgIpc) is 3.97. The van der Waals surface area contributed by atoms with E-state index >= 15 is 0 Å². The van der Waals surface area contributed by atoms with E-state index in [4.69, 9.17) is 21.2 Å². The summed E-state index contributed by atoms with van der Waals surface area (Å²) in [6, 6.07) is 7.29. The number of imidazole rings is 1. The highest BCUT2D eigenvalue weighted by atomic mass is 17.2. The Morgan fingerprint density at radius 2 is 1.53 bits per heavy atom. The van der Waals surface area contributed by atoms with Gasteiger partial charge in [-0.3, -0.25) is 10.1 Å². The first-order chi connectivity index (χ1) is 34.3. The molecule has 3 aromatic heterocycles. The summed E-state index contributed by atoms with van der Waals surface area (Å²) in [4.78, 5) is 25.2.